The van der Waals surface area contributed by atoms with Crippen molar-refractivity contribution in [3.63, 3.8) is 0 Å². The van der Waals surface area contributed by atoms with Crippen molar-refractivity contribution in [1.29, 1.82) is 0 Å². The van der Waals surface area contributed by atoms with Crippen molar-refractivity contribution in [2.45, 2.75) is 74.3 Å². The van der Waals surface area contributed by atoms with Gasteiger partial charge in [-0.25, -0.2) is 0 Å². The average molecular weight is 557 g/mol. The number of hydrogen-bond donors (Lipinski definition) is 4. The maximum absolute atomic E-state index is 10.3. The van der Waals surface area contributed by atoms with Crippen LogP contribution >= 0.6 is 25.3 Å². The molecule has 0 aliphatic carbocycles. The van der Waals surface area contributed by atoms with Crippen LogP contribution < -0.4 is 20.8 Å². The second-order valence-corrected chi connectivity index (χ2v) is 11.0. The van der Waals surface area contributed by atoms with E-state index in [1.807, 2.05) is 0 Å². The number of hydrogen-bond acceptors (Lipinski definition) is 8. The molecule has 0 aliphatic rings. The van der Waals surface area contributed by atoms with Crippen LogP contribution in [0, 0.1) is 0 Å². The summed E-state index contributed by atoms with van der Waals surface area (Å²) in [6.45, 7) is 7.05. The van der Waals surface area contributed by atoms with Gasteiger partial charge in [-0.05, 0) is 0 Å². The standard InChI is InChI=1S/2C5H9NO3S.2C4H9.Sn/c2*1-3(7)6-4(2-10)5(8)9;2*1-3-4-2;/h2*4,10H,2H2,1H3,(H,6,7)(H,8,9);2*1,3-4H2,2H3;/q;;;;+2/p-2/t2*4-;;;/m00.../s1. The number of carbonyl (C=O) groups excluding carboxylic acids is 4. The predicted octanol–water partition coefficient (Wildman–Crippen LogP) is -0.531. The first-order valence-corrected chi connectivity index (χ1v) is 14.8. The normalized spacial score (nSPS) is 11.2. The quantitative estimate of drug-likeness (QED) is 0.145. The molecule has 0 radical (unpaired) electrons. The van der Waals surface area contributed by atoms with Crippen molar-refractivity contribution in [2.75, 3.05) is 11.5 Å². The molecule has 2 atom stereocenters. The molecule has 0 rings (SSSR count). The van der Waals surface area contributed by atoms with Crippen molar-refractivity contribution in [2.24, 2.45) is 0 Å². The van der Waals surface area contributed by atoms with Crippen molar-refractivity contribution in [1.82, 2.24) is 10.6 Å². The van der Waals surface area contributed by atoms with E-state index >= 15 is 0 Å². The van der Waals surface area contributed by atoms with E-state index in [2.05, 4.69) is 49.7 Å². The van der Waals surface area contributed by atoms with Crippen molar-refractivity contribution >= 4 is 70.2 Å². The summed E-state index contributed by atoms with van der Waals surface area (Å²) in [7, 11) is 0. The van der Waals surface area contributed by atoms with E-state index in [0.29, 0.717) is 0 Å². The third kappa shape index (κ3) is 27.4. The molecule has 2 amide bonds. The Bertz CT molecular complexity index is 430. The van der Waals surface area contributed by atoms with Crippen LogP contribution in [-0.4, -0.2) is 68.5 Å². The molecule has 0 fully saturated rings. The second-order valence-electron chi connectivity index (χ2n) is 5.97. The van der Waals surface area contributed by atoms with Gasteiger partial charge in [0.05, 0.1) is 24.0 Å². The van der Waals surface area contributed by atoms with Crippen LogP contribution in [0.25, 0.3) is 0 Å². The van der Waals surface area contributed by atoms with Gasteiger partial charge in [0, 0.05) is 25.4 Å². The predicted molar refractivity (Wildman–Crippen MR) is 118 cm³/mol. The van der Waals surface area contributed by atoms with Crippen molar-refractivity contribution in [3.8, 4) is 0 Å². The molecular formula is C18H34N2O6S2Sn. The Labute approximate surface area is 195 Å². The Hall–Kier alpha value is -0.621. The number of nitrogens with one attached hydrogen (secondary N) is 2. The second kappa shape index (κ2) is 23.7. The summed E-state index contributed by atoms with van der Waals surface area (Å²) in [6, 6.07) is -1.97. The maximum atomic E-state index is 10.3. The molecule has 0 saturated heterocycles. The zero-order valence-corrected chi connectivity index (χ0v) is 22.3. The van der Waals surface area contributed by atoms with Crippen LogP contribution in [0.3, 0.4) is 0 Å². The van der Waals surface area contributed by atoms with Crippen molar-refractivity contribution < 1.29 is 29.4 Å². The molecule has 29 heavy (non-hydrogen) atoms. The number of carboxylic acid groups (broad SMARTS) is 2. The minimum atomic E-state index is -1.31. The third-order valence-corrected chi connectivity index (χ3v) is 7.87. The third-order valence-electron chi connectivity index (χ3n) is 3.10. The molecule has 0 aromatic heterocycles. The zero-order valence-electron chi connectivity index (χ0n) is 17.7. The van der Waals surface area contributed by atoms with Crippen molar-refractivity contribution in [3.05, 3.63) is 0 Å². The Balaban J connectivity index is -0.000000350. The Morgan fingerprint density at radius 1 is 0.793 bits per heavy atom. The number of carboxylic acids is 2. The van der Waals surface area contributed by atoms with Gasteiger partial charge in [0.2, 0.25) is 11.8 Å². The molecule has 11 heteroatoms. The van der Waals surface area contributed by atoms with Crippen LogP contribution in [0.1, 0.15) is 53.4 Å². The number of unbranched alkanes of at least 4 members (excludes halogenated alkanes) is 2. The van der Waals surface area contributed by atoms with Gasteiger partial charge in [-0.2, -0.15) is 25.3 Å². The topological polar surface area (TPSA) is 138 Å². The number of amides is 2. The molecule has 0 aliphatic heterocycles. The average Bonchev–Trinajstić information content (AvgIpc) is 2.64. The molecule has 0 spiro atoms. The van der Waals surface area contributed by atoms with Crippen LogP contribution in [0.5, 0.6) is 0 Å². The van der Waals surface area contributed by atoms with Crippen LogP contribution in [0.15, 0.2) is 0 Å². The van der Waals surface area contributed by atoms with Crippen LogP contribution in [-0.2, 0) is 19.2 Å². The number of carbonyl (C=O) groups is 4. The van der Waals surface area contributed by atoms with E-state index in [1.165, 1.54) is 39.5 Å². The van der Waals surface area contributed by atoms with E-state index in [9.17, 15) is 29.4 Å². The molecule has 168 valence electrons. The van der Waals surface area contributed by atoms with Gasteiger partial charge in [0.1, 0.15) is 0 Å². The monoisotopic (exact) mass is 558 g/mol. The van der Waals surface area contributed by atoms with Gasteiger partial charge in [-0.3, -0.25) is 9.59 Å². The summed E-state index contributed by atoms with van der Waals surface area (Å²) < 4.78 is 3.25. The van der Waals surface area contributed by atoms with E-state index < -0.39 is 35.8 Å². The summed E-state index contributed by atoms with van der Waals surface area (Å²) in [5.41, 5.74) is 0. The van der Waals surface area contributed by atoms with Gasteiger partial charge >= 0.3 is 69.5 Å². The Morgan fingerprint density at radius 3 is 1.24 bits per heavy atom. The molecule has 0 heterocycles. The van der Waals surface area contributed by atoms with E-state index in [-0.39, 0.29) is 32.6 Å². The van der Waals surface area contributed by atoms with Gasteiger partial charge in [0.25, 0.3) is 0 Å². The number of thiol groups is 2. The van der Waals surface area contributed by atoms with Gasteiger partial charge in [0.15, 0.2) is 0 Å². The summed E-state index contributed by atoms with van der Waals surface area (Å²) in [4.78, 5) is 40.7. The zero-order chi connectivity index (χ0) is 23.2. The molecular weight excluding hydrogens is 523 g/mol. The first-order valence-electron chi connectivity index (χ1n) is 9.45. The molecule has 2 N–H and O–H groups in total. The first kappa shape index (κ1) is 33.0. The Morgan fingerprint density at radius 2 is 1.10 bits per heavy atom. The summed E-state index contributed by atoms with van der Waals surface area (Å²) in [5.74, 6) is -3.34. The van der Waals surface area contributed by atoms with Crippen LogP contribution in [0.2, 0.25) is 8.87 Å². The SMILES string of the molecule is CC(=O)N[C@@H](CS)C(=O)[O-].CC(=O)N[C@@H](CS)C(=O)[O-].CCC[CH2][Sn+2][CH2]CCC. The fraction of sp³-hybridized carbons (Fsp3) is 0.778. The van der Waals surface area contributed by atoms with E-state index in [0.717, 1.165) is 0 Å². The minimum absolute atomic E-state index is 0.0436. The molecule has 0 aromatic rings. The fourth-order valence-electron chi connectivity index (χ4n) is 1.58. The van der Waals surface area contributed by atoms with Crippen LogP contribution in [0.4, 0.5) is 0 Å². The number of rotatable bonds is 12. The molecule has 0 unspecified atom stereocenters. The molecule has 8 nitrogen and oxygen atoms in total. The molecule has 0 aromatic carbocycles. The summed E-state index contributed by atoms with van der Waals surface area (Å²) in [5, 5.41) is 24.5. The molecule has 0 saturated carbocycles. The van der Waals surface area contributed by atoms with Gasteiger partial charge in [-0.1, -0.05) is 0 Å². The van der Waals surface area contributed by atoms with E-state index in [1.54, 1.807) is 8.87 Å². The van der Waals surface area contributed by atoms with Gasteiger partial charge < -0.3 is 30.4 Å². The van der Waals surface area contributed by atoms with E-state index in [4.69, 9.17) is 0 Å². The Kier molecular flexibility index (Phi) is 26.9. The summed E-state index contributed by atoms with van der Waals surface area (Å²) >= 11 is 7.54. The van der Waals surface area contributed by atoms with Gasteiger partial charge in [-0.15, -0.1) is 0 Å². The number of aliphatic carboxylic acids is 2. The molecule has 0 bridgehead atoms. The summed E-state index contributed by atoms with van der Waals surface area (Å²) in [6.07, 6.45) is 5.84. The fourth-order valence-corrected chi connectivity index (χ4v) is 6.22. The first-order chi connectivity index (χ1) is 13.6.